The van der Waals surface area contributed by atoms with Crippen molar-refractivity contribution in [3.05, 3.63) is 63.7 Å². The summed E-state index contributed by atoms with van der Waals surface area (Å²) in [6.07, 6.45) is 0. The van der Waals surface area contributed by atoms with Crippen LogP contribution in [0.15, 0.2) is 42.5 Å². The highest BCUT2D eigenvalue weighted by Gasteiger charge is 2.19. The normalized spacial score (nSPS) is 10.2. The third-order valence-electron chi connectivity index (χ3n) is 3.17. The molecule has 6 nitrogen and oxygen atoms in total. The Kier molecular flexibility index (Phi) is 3.89. The number of anilines is 2. The summed E-state index contributed by atoms with van der Waals surface area (Å²) in [6, 6.07) is 11.2. The summed E-state index contributed by atoms with van der Waals surface area (Å²) in [5.41, 5.74) is 1.93. The van der Waals surface area contributed by atoms with Gasteiger partial charge in [0.1, 0.15) is 0 Å². The summed E-state index contributed by atoms with van der Waals surface area (Å²) < 4.78 is 0. The highest BCUT2D eigenvalue weighted by molar-refractivity contribution is 5.96. The van der Waals surface area contributed by atoms with Gasteiger partial charge in [-0.2, -0.15) is 0 Å². The van der Waals surface area contributed by atoms with Crippen LogP contribution in [-0.4, -0.2) is 23.0 Å². The average molecular weight is 286 g/mol. The molecule has 0 radical (unpaired) electrons. The van der Waals surface area contributed by atoms with E-state index in [1.807, 2.05) is 31.2 Å². The van der Waals surface area contributed by atoms with Crippen LogP contribution >= 0.6 is 0 Å². The number of hydrogen-bond acceptors (Lipinski definition) is 4. The van der Waals surface area contributed by atoms with Crippen LogP contribution in [0.5, 0.6) is 0 Å². The lowest BCUT2D eigenvalue weighted by Gasteiger charge is -2.21. The highest BCUT2D eigenvalue weighted by Crippen LogP contribution is 2.31. The maximum absolute atomic E-state index is 11.3. The first-order chi connectivity index (χ1) is 9.90. The Balaban J connectivity index is 2.56. The summed E-state index contributed by atoms with van der Waals surface area (Å²) in [5, 5.41) is 20.1. The Morgan fingerprint density at radius 3 is 2.52 bits per heavy atom. The molecule has 6 heteroatoms. The molecule has 0 aromatic heterocycles. The van der Waals surface area contributed by atoms with Crippen molar-refractivity contribution >= 4 is 23.0 Å². The lowest BCUT2D eigenvalue weighted by atomic mass is 10.1. The van der Waals surface area contributed by atoms with E-state index in [-0.39, 0.29) is 16.9 Å². The third kappa shape index (κ3) is 3.00. The molecule has 21 heavy (non-hydrogen) atoms. The second-order valence-electron chi connectivity index (χ2n) is 4.66. The van der Waals surface area contributed by atoms with Crippen molar-refractivity contribution in [1.29, 1.82) is 0 Å². The van der Waals surface area contributed by atoms with Crippen LogP contribution in [0.1, 0.15) is 15.9 Å². The van der Waals surface area contributed by atoms with Gasteiger partial charge in [0.05, 0.1) is 16.2 Å². The number of nitro groups is 1. The summed E-state index contributed by atoms with van der Waals surface area (Å²) in [5.74, 6) is -1.13. The van der Waals surface area contributed by atoms with E-state index in [0.29, 0.717) is 0 Å². The molecule has 2 rings (SSSR count). The van der Waals surface area contributed by atoms with Gasteiger partial charge in [0.15, 0.2) is 0 Å². The van der Waals surface area contributed by atoms with Crippen molar-refractivity contribution in [2.45, 2.75) is 6.92 Å². The van der Waals surface area contributed by atoms with Gasteiger partial charge in [0.25, 0.3) is 5.69 Å². The monoisotopic (exact) mass is 286 g/mol. The maximum Gasteiger partial charge on any atom is 0.337 e. The average Bonchev–Trinajstić information content (AvgIpc) is 2.45. The third-order valence-corrected chi connectivity index (χ3v) is 3.17. The summed E-state index contributed by atoms with van der Waals surface area (Å²) >= 11 is 0. The molecule has 0 heterocycles. The zero-order chi connectivity index (χ0) is 15.6. The zero-order valence-electron chi connectivity index (χ0n) is 11.6. The van der Waals surface area contributed by atoms with Crippen molar-refractivity contribution in [3.63, 3.8) is 0 Å². The second-order valence-corrected chi connectivity index (χ2v) is 4.66. The van der Waals surface area contributed by atoms with Gasteiger partial charge in [-0.05, 0) is 30.7 Å². The minimum Gasteiger partial charge on any atom is -0.478 e. The molecule has 0 aliphatic rings. The molecule has 0 fully saturated rings. The van der Waals surface area contributed by atoms with Gasteiger partial charge in [-0.25, -0.2) is 4.79 Å². The molecule has 1 N–H and O–H groups in total. The molecule has 0 unspecified atom stereocenters. The lowest BCUT2D eigenvalue weighted by molar-refractivity contribution is -0.384. The number of benzene rings is 2. The van der Waals surface area contributed by atoms with E-state index in [4.69, 9.17) is 0 Å². The van der Waals surface area contributed by atoms with Crippen molar-refractivity contribution in [2.75, 3.05) is 11.9 Å². The fraction of sp³-hybridized carbons (Fsp3) is 0.133. The summed E-state index contributed by atoms with van der Waals surface area (Å²) in [6.45, 7) is 1.92. The van der Waals surface area contributed by atoms with Crippen LogP contribution in [0.4, 0.5) is 17.1 Å². The molecule has 2 aromatic rings. The molecule has 0 bridgehead atoms. The Morgan fingerprint density at radius 2 is 1.95 bits per heavy atom. The second kappa shape index (κ2) is 5.62. The molecule has 0 amide bonds. The number of carbonyl (C=O) groups is 1. The van der Waals surface area contributed by atoms with Gasteiger partial charge in [0.2, 0.25) is 0 Å². The minimum atomic E-state index is -1.13. The van der Waals surface area contributed by atoms with Gasteiger partial charge < -0.3 is 10.0 Å². The minimum absolute atomic E-state index is 0.0182. The molecular weight excluding hydrogens is 272 g/mol. The molecule has 0 atom stereocenters. The molecular formula is C15H14N2O4. The van der Waals surface area contributed by atoms with E-state index in [1.54, 1.807) is 11.9 Å². The van der Waals surface area contributed by atoms with Crippen LogP contribution in [0, 0.1) is 17.0 Å². The number of carboxylic acids is 1. The Labute approximate surface area is 121 Å². The van der Waals surface area contributed by atoms with Crippen LogP contribution in [0.3, 0.4) is 0 Å². The van der Waals surface area contributed by atoms with Gasteiger partial charge in [-0.15, -0.1) is 0 Å². The van der Waals surface area contributed by atoms with Crippen molar-refractivity contribution in [1.82, 2.24) is 0 Å². The van der Waals surface area contributed by atoms with E-state index in [2.05, 4.69) is 0 Å². The van der Waals surface area contributed by atoms with E-state index in [0.717, 1.165) is 11.3 Å². The Hall–Kier alpha value is -2.89. The van der Waals surface area contributed by atoms with E-state index >= 15 is 0 Å². The standard InChI is InChI=1S/C15H14N2O4/c1-10-4-3-5-11(8-10)16(2)14-9-12(17(20)21)6-7-13(14)15(18)19/h3-9H,1-2H3,(H,18,19). The Bertz CT molecular complexity index is 713. The summed E-state index contributed by atoms with van der Waals surface area (Å²) in [4.78, 5) is 23.3. The number of aryl methyl sites for hydroxylation is 1. The van der Waals surface area contributed by atoms with Crippen LogP contribution in [0.25, 0.3) is 0 Å². The van der Waals surface area contributed by atoms with Crippen LogP contribution < -0.4 is 4.90 Å². The molecule has 0 saturated carbocycles. The fourth-order valence-electron chi connectivity index (χ4n) is 2.07. The first kappa shape index (κ1) is 14.5. The first-order valence-corrected chi connectivity index (χ1v) is 6.22. The first-order valence-electron chi connectivity index (χ1n) is 6.22. The Morgan fingerprint density at radius 1 is 1.24 bits per heavy atom. The predicted octanol–water partition coefficient (Wildman–Crippen LogP) is 3.37. The highest BCUT2D eigenvalue weighted by atomic mass is 16.6. The number of nitro benzene ring substituents is 1. The fourth-order valence-corrected chi connectivity index (χ4v) is 2.07. The number of hydrogen-bond donors (Lipinski definition) is 1. The molecule has 0 spiro atoms. The predicted molar refractivity (Wildman–Crippen MR) is 79.3 cm³/mol. The largest absolute Gasteiger partial charge is 0.478 e. The summed E-state index contributed by atoms with van der Waals surface area (Å²) in [7, 11) is 1.68. The number of carboxylic acid groups (broad SMARTS) is 1. The molecule has 0 saturated heterocycles. The molecule has 0 aliphatic carbocycles. The zero-order valence-corrected chi connectivity index (χ0v) is 11.6. The number of nitrogens with zero attached hydrogens (tertiary/aromatic N) is 2. The quantitative estimate of drug-likeness (QED) is 0.688. The smallest absolute Gasteiger partial charge is 0.337 e. The van der Waals surface area contributed by atoms with Crippen LogP contribution in [-0.2, 0) is 0 Å². The van der Waals surface area contributed by atoms with E-state index < -0.39 is 10.9 Å². The van der Waals surface area contributed by atoms with Gasteiger partial charge in [-0.3, -0.25) is 10.1 Å². The number of rotatable bonds is 4. The lowest BCUT2D eigenvalue weighted by Crippen LogP contribution is -2.14. The number of aromatic carboxylic acids is 1. The van der Waals surface area contributed by atoms with Gasteiger partial charge >= 0.3 is 5.97 Å². The maximum atomic E-state index is 11.3. The van der Waals surface area contributed by atoms with E-state index in [9.17, 15) is 20.0 Å². The van der Waals surface area contributed by atoms with Crippen molar-refractivity contribution in [2.24, 2.45) is 0 Å². The van der Waals surface area contributed by atoms with Crippen LogP contribution in [0.2, 0.25) is 0 Å². The molecule has 2 aromatic carbocycles. The van der Waals surface area contributed by atoms with Gasteiger partial charge in [-0.1, -0.05) is 12.1 Å². The van der Waals surface area contributed by atoms with Crippen molar-refractivity contribution < 1.29 is 14.8 Å². The molecule has 108 valence electrons. The van der Waals surface area contributed by atoms with Gasteiger partial charge in [0, 0.05) is 24.9 Å². The molecule has 0 aliphatic heterocycles. The van der Waals surface area contributed by atoms with Crippen molar-refractivity contribution in [3.8, 4) is 0 Å². The topological polar surface area (TPSA) is 83.7 Å². The van der Waals surface area contributed by atoms with E-state index in [1.165, 1.54) is 18.2 Å². The SMILES string of the molecule is Cc1cccc(N(C)c2cc([N+](=O)[O-])ccc2C(=O)O)c1. The number of non-ortho nitro benzene ring substituents is 1.